The minimum absolute atomic E-state index is 0.0394. The summed E-state index contributed by atoms with van der Waals surface area (Å²) in [6, 6.07) is 6.10. The Morgan fingerprint density at radius 1 is 1.36 bits per heavy atom. The molecule has 0 atom stereocenters. The van der Waals surface area contributed by atoms with Gasteiger partial charge in [0.1, 0.15) is 5.69 Å². The van der Waals surface area contributed by atoms with Gasteiger partial charge < -0.3 is 5.73 Å². The summed E-state index contributed by atoms with van der Waals surface area (Å²) in [5.41, 5.74) is 5.44. The number of para-hydroxylation sites is 2. The van der Waals surface area contributed by atoms with Gasteiger partial charge in [0.05, 0.1) is 4.92 Å². The monoisotopic (exact) mass is 216 g/mol. The Balaban J connectivity index is 0.000000364. The maximum Gasteiger partial charge on any atom is 0.292 e. The molecule has 2 N–H and O–H groups in total. The molecule has 0 saturated carbocycles. The first-order chi connectivity index (χ1) is 6.45. The summed E-state index contributed by atoms with van der Waals surface area (Å²) < 4.78 is 9.56. The van der Waals surface area contributed by atoms with Gasteiger partial charge in [-0.15, -0.1) is 0 Å². The number of nitrogens with zero attached hydrogens (tertiary/aromatic N) is 1. The lowest BCUT2D eigenvalue weighted by atomic mass is 10.3. The van der Waals surface area contributed by atoms with E-state index in [1.54, 1.807) is 24.6 Å². The molecule has 0 aromatic heterocycles. The third-order valence-electron chi connectivity index (χ3n) is 1.13. The molecule has 0 aliphatic rings. The first-order valence-corrected chi connectivity index (χ1v) is 5.65. The van der Waals surface area contributed by atoms with Gasteiger partial charge in [-0.05, 0) is 6.07 Å². The molecule has 0 fully saturated rings. The quantitative estimate of drug-likeness (QED) is 0.433. The van der Waals surface area contributed by atoms with E-state index in [-0.39, 0.29) is 11.4 Å². The molecule has 0 amide bonds. The van der Waals surface area contributed by atoms with Crippen molar-refractivity contribution in [2.24, 2.45) is 0 Å². The van der Waals surface area contributed by atoms with Crippen LogP contribution in [-0.4, -0.2) is 21.6 Å². The number of anilines is 1. The normalized spacial score (nSPS) is 9.07. The molecule has 6 heteroatoms. The van der Waals surface area contributed by atoms with Crippen molar-refractivity contribution < 1.29 is 9.13 Å². The molecule has 0 aliphatic heterocycles. The van der Waals surface area contributed by atoms with Crippen molar-refractivity contribution in [1.29, 1.82) is 0 Å². The summed E-state index contributed by atoms with van der Waals surface area (Å²) in [6.07, 6.45) is 3.28. The van der Waals surface area contributed by atoms with E-state index in [2.05, 4.69) is 0 Å². The summed E-state index contributed by atoms with van der Waals surface area (Å²) in [7, 11) is -0.611. The van der Waals surface area contributed by atoms with Gasteiger partial charge >= 0.3 is 0 Å². The van der Waals surface area contributed by atoms with E-state index in [1.807, 2.05) is 0 Å². The fourth-order valence-electron chi connectivity index (χ4n) is 0.654. The van der Waals surface area contributed by atoms with E-state index < -0.39 is 15.7 Å². The second-order valence-electron chi connectivity index (χ2n) is 2.56. The number of nitro benzene ring substituents is 1. The molecule has 0 unspecified atom stereocenters. The molecule has 0 bridgehead atoms. The average molecular weight is 216 g/mol. The highest BCUT2D eigenvalue weighted by molar-refractivity contribution is 7.83. The maximum atomic E-state index is 10.1. The van der Waals surface area contributed by atoms with Gasteiger partial charge in [0.15, 0.2) is 0 Å². The van der Waals surface area contributed by atoms with Gasteiger partial charge in [0.2, 0.25) is 0 Å². The summed E-state index contributed by atoms with van der Waals surface area (Å²) in [5.74, 6) is 0. The molecule has 78 valence electrons. The van der Waals surface area contributed by atoms with Crippen molar-refractivity contribution in [3.05, 3.63) is 34.4 Å². The highest BCUT2D eigenvalue weighted by atomic mass is 32.2. The third-order valence-corrected chi connectivity index (χ3v) is 1.13. The lowest BCUT2D eigenvalue weighted by molar-refractivity contribution is -0.383. The molecule has 14 heavy (non-hydrogen) atoms. The zero-order valence-electron chi connectivity index (χ0n) is 7.97. The molecular formula is C8H12N2O3S. The van der Waals surface area contributed by atoms with Gasteiger partial charge in [-0.3, -0.25) is 14.3 Å². The van der Waals surface area contributed by atoms with Crippen molar-refractivity contribution in [3.8, 4) is 0 Å². The Morgan fingerprint density at radius 3 is 2.07 bits per heavy atom. The van der Waals surface area contributed by atoms with Crippen LogP contribution in [0.25, 0.3) is 0 Å². The molecule has 0 saturated heterocycles. The van der Waals surface area contributed by atoms with Gasteiger partial charge in [-0.1, -0.05) is 12.1 Å². The molecule has 1 aromatic rings. The van der Waals surface area contributed by atoms with Crippen LogP contribution in [0.15, 0.2) is 24.3 Å². The minimum atomic E-state index is -0.611. The molecule has 1 aromatic carbocycles. The first kappa shape index (κ1) is 12.6. The highest BCUT2D eigenvalue weighted by Crippen LogP contribution is 2.18. The van der Waals surface area contributed by atoms with Crippen LogP contribution >= 0.6 is 0 Å². The number of benzene rings is 1. The standard InChI is InChI=1S/C6H6N2O2.C2H6OS/c7-5-3-1-2-4-6(5)8(9)10;1-4(2)3/h1-4H,7H2;1-2H3. The number of hydrogen-bond donors (Lipinski definition) is 1. The average Bonchev–Trinajstić information content (AvgIpc) is 2.03. The zero-order valence-corrected chi connectivity index (χ0v) is 8.78. The number of nitrogens with two attached hydrogens (primary N) is 1. The fourth-order valence-corrected chi connectivity index (χ4v) is 0.654. The predicted octanol–water partition coefficient (Wildman–Crippen LogP) is 1.17. The van der Waals surface area contributed by atoms with Gasteiger partial charge in [-0.25, -0.2) is 0 Å². The first-order valence-electron chi connectivity index (χ1n) is 3.69. The summed E-state index contributed by atoms with van der Waals surface area (Å²) >= 11 is 0. The van der Waals surface area contributed by atoms with Crippen LogP contribution in [0.4, 0.5) is 11.4 Å². The second kappa shape index (κ2) is 6.09. The van der Waals surface area contributed by atoms with E-state index in [0.717, 1.165) is 0 Å². The Kier molecular flexibility index (Phi) is 5.47. The van der Waals surface area contributed by atoms with E-state index >= 15 is 0 Å². The number of nitro groups is 1. The van der Waals surface area contributed by atoms with Crippen LogP contribution in [0, 0.1) is 10.1 Å². The Morgan fingerprint density at radius 2 is 1.79 bits per heavy atom. The van der Waals surface area contributed by atoms with E-state index in [0.29, 0.717) is 0 Å². The van der Waals surface area contributed by atoms with Gasteiger partial charge in [0.25, 0.3) is 5.69 Å². The van der Waals surface area contributed by atoms with Crippen molar-refractivity contribution in [2.45, 2.75) is 0 Å². The fraction of sp³-hybridized carbons (Fsp3) is 0.250. The SMILES string of the molecule is CS(C)=O.Nc1ccccc1[N+](=O)[O-]. The van der Waals surface area contributed by atoms with Crippen LogP contribution in [0.3, 0.4) is 0 Å². The highest BCUT2D eigenvalue weighted by Gasteiger charge is 2.07. The second-order valence-corrected chi connectivity index (χ2v) is 4.04. The molecule has 5 nitrogen and oxygen atoms in total. The third kappa shape index (κ3) is 5.26. The molecule has 0 spiro atoms. The van der Waals surface area contributed by atoms with E-state index in [4.69, 9.17) is 5.73 Å². The lowest BCUT2D eigenvalue weighted by Crippen LogP contribution is -1.93. The van der Waals surface area contributed by atoms with Gasteiger partial charge in [-0.2, -0.15) is 0 Å². The van der Waals surface area contributed by atoms with Crippen LogP contribution < -0.4 is 5.73 Å². The van der Waals surface area contributed by atoms with E-state index in [9.17, 15) is 14.3 Å². The minimum Gasteiger partial charge on any atom is -0.393 e. The molecule has 1 rings (SSSR count). The van der Waals surface area contributed by atoms with Crippen LogP contribution in [0.2, 0.25) is 0 Å². The Hall–Kier alpha value is -1.43. The summed E-state index contributed by atoms with van der Waals surface area (Å²) in [6.45, 7) is 0. The topological polar surface area (TPSA) is 86.2 Å². The number of rotatable bonds is 1. The molecular weight excluding hydrogens is 204 g/mol. The summed E-state index contributed by atoms with van der Waals surface area (Å²) in [5, 5.41) is 10.1. The smallest absolute Gasteiger partial charge is 0.292 e. The van der Waals surface area contributed by atoms with Crippen molar-refractivity contribution in [2.75, 3.05) is 18.2 Å². The lowest BCUT2D eigenvalue weighted by Gasteiger charge is -1.92. The summed E-state index contributed by atoms with van der Waals surface area (Å²) in [4.78, 5) is 9.64. The van der Waals surface area contributed by atoms with Crippen molar-refractivity contribution in [3.63, 3.8) is 0 Å². The molecule has 0 radical (unpaired) electrons. The predicted molar refractivity (Wildman–Crippen MR) is 57.5 cm³/mol. The van der Waals surface area contributed by atoms with Crippen LogP contribution in [-0.2, 0) is 10.8 Å². The molecule has 0 heterocycles. The van der Waals surface area contributed by atoms with Crippen molar-refractivity contribution >= 4 is 22.2 Å². The Bertz CT molecular complexity index is 337. The van der Waals surface area contributed by atoms with Crippen molar-refractivity contribution in [1.82, 2.24) is 0 Å². The van der Waals surface area contributed by atoms with Crippen LogP contribution in [0.1, 0.15) is 0 Å². The largest absolute Gasteiger partial charge is 0.393 e. The number of nitrogen functional groups attached to an aromatic ring is 1. The molecule has 0 aliphatic carbocycles. The van der Waals surface area contributed by atoms with Gasteiger partial charge in [0, 0.05) is 29.4 Å². The number of hydrogen-bond acceptors (Lipinski definition) is 4. The zero-order chi connectivity index (χ0) is 11.1. The van der Waals surface area contributed by atoms with E-state index in [1.165, 1.54) is 12.1 Å². The maximum absolute atomic E-state index is 10.1. The van der Waals surface area contributed by atoms with Crippen LogP contribution in [0.5, 0.6) is 0 Å². The Labute approximate surface area is 84.5 Å².